The first kappa shape index (κ1) is 13.0. The molecule has 104 valence electrons. The average Bonchev–Trinajstić information content (AvgIpc) is 3.19. The molecule has 3 rings (SSSR count). The second kappa shape index (κ2) is 4.82. The Labute approximate surface area is 115 Å². The molecule has 2 fully saturated rings. The number of rotatable bonds is 3. The molecule has 2 nitrogen and oxygen atoms in total. The highest BCUT2D eigenvalue weighted by atomic mass is 16.5. The maximum atomic E-state index is 10.9. The van der Waals surface area contributed by atoms with Crippen LogP contribution in [-0.2, 0) is 5.60 Å². The van der Waals surface area contributed by atoms with Crippen LogP contribution in [-0.4, -0.2) is 11.2 Å². The molecule has 2 aliphatic rings. The molecular weight excluding hydrogens is 236 g/mol. The van der Waals surface area contributed by atoms with Crippen LogP contribution in [0.5, 0.6) is 5.75 Å². The van der Waals surface area contributed by atoms with Crippen LogP contribution in [0.4, 0.5) is 0 Å². The highest BCUT2D eigenvalue weighted by molar-refractivity contribution is 5.33. The Balaban J connectivity index is 1.79. The fourth-order valence-corrected chi connectivity index (χ4v) is 3.09. The van der Waals surface area contributed by atoms with Crippen molar-refractivity contribution in [2.24, 2.45) is 11.8 Å². The summed E-state index contributed by atoms with van der Waals surface area (Å²) in [4.78, 5) is 0. The van der Waals surface area contributed by atoms with Crippen LogP contribution in [0.25, 0.3) is 0 Å². The van der Waals surface area contributed by atoms with Gasteiger partial charge in [-0.05, 0) is 61.6 Å². The third-order valence-corrected chi connectivity index (χ3v) is 4.84. The molecular formula is C17H24O2. The number of aliphatic hydroxyl groups is 1. The predicted octanol–water partition coefficient (Wildman–Crippen LogP) is 3.87. The van der Waals surface area contributed by atoms with Gasteiger partial charge in [0.15, 0.2) is 0 Å². The van der Waals surface area contributed by atoms with Gasteiger partial charge < -0.3 is 9.84 Å². The Morgan fingerprint density at radius 2 is 1.95 bits per heavy atom. The Hall–Kier alpha value is -1.02. The van der Waals surface area contributed by atoms with Gasteiger partial charge in [-0.15, -0.1) is 0 Å². The second-order valence-corrected chi connectivity index (χ2v) is 6.57. The van der Waals surface area contributed by atoms with Gasteiger partial charge in [0.1, 0.15) is 5.75 Å². The van der Waals surface area contributed by atoms with Crippen molar-refractivity contribution in [3.8, 4) is 5.75 Å². The Bertz CT molecular complexity index is 452. The van der Waals surface area contributed by atoms with E-state index in [1.807, 2.05) is 24.3 Å². The molecule has 0 spiro atoms. The van der Waals surface area contributed by atoms with Gasteiger partial charge in [0.05, 0.1) is 11.7 Å². The summed E-state index contributed by atoms with van der Waals surface area (Å²) in [6, 6.07) is 8.09. The van der Waals surface area contributed by atoms with Gasteiger partial charge in [-0.25, -0.2) is 0 Å². The monoisotopic (exact) mass is 260 g/mol. The Kier molecular flexibility index (Phi) is 3.30. The lowest BCUT2D eigenvalue weighted by Gasteiger charge is -2.39. The predicted molar refractivity (Wildman–Crippen MR) is 76.2 cm³/mol. The summed E-state index contributed by atoms with van der Waals surface area (Å²) >= 11 is 0. The molecule has 1 aromatic carbocycles. The molecule has 0 heterocycles. The van der Waals surface area contributed by atoms with E-state index in [2.05, 4.69) is 13.8 Å². The van der Waals surface area contributed by atoms with Crippen LogP contribution in [0.15, 0.2) is 24.3 Å². The minimum atomic E-state index is -0.658. The largest absolute Gasteiger partial charge is 0.490 e. The number of ether oxygens (including phenoxy) is 1. The maximum Gasteiger partial charge on any atom is 0.120 e. The third kappa shape index (κ3) is 2.79. The van der Waals surface area contributed by atoms with Crippen LogP contribution < -0.4 is 4.74 Å². The van der Waals surface area contributed by atoms with Gasteiger partial charge in [0.25, 0.3) is 0 Å². The standard InChI is InChI=1S/C17H24O2/c1-12-8-9-17(18,11-13(12)2)14-4-3-5-16(10-14)19-15-6-7-15/h3-5,10,12-13,15,18H,6-9,11H2,1-2H3. The first-order valence-corrected chi connectivity index (χ1v) is 7.56. The topological polar surface area (TPSA) is 29.5 Å². The third-order valence-electron chi connectivity index (χ3n) is 4.84. The van der Waals surface area contributed by atoms with Crippen molar-refractivity contribution >= 4 is 0 Å². The first-order valence-electron chi connectivity index (χ1n) is 7.56. The van der Waals surface area contributed by atoms with E-state index in [0.717, 1.165) is 30.6 Å². The van der Waals surface area contributed by atoms with Crippen molar-refractivity contribution in [1.82, 2.24) is 0 Å². The minimum absolute atomic E-state index is 0.412. The quantitative estimate of drug-likeness (QED) is 0.894. The van der Waals surface area contributed by atoms with E-state index in [9.17, 15) is 5.11 Å². The van der Waals surface area contributed by atoms with Crippen LogP contribution in [0, 0.1) is 11.8 Å². The normalized spacial score (nSPS) is 35.1. The summed E-state index contributed by atoms with van der Waals surface area (Å²) in [6.45, 7) is 4.54. The molecule has 2 heteroatoms. The molecule has 1 aromatic rings. The van der Waals surface area contributed by atoms with Gasteiger partial charge in [-0.2, -0.15) is 0 Å². The van der Waals surface area contributed by atoms with Crippen molar-refractivity contribution in [2.75, 3.05) is 0 Å². The van der Waals surface area contributed by atoms with Crippen LogP contribution in [0.3, 0.4) is 0 Å². The molecule has 0 aliphatic heterocycles. The maximum absolute atomic E-state index is 10.9. The molecule has 1 N–H and O–H groups in total. The van der Waals surface area contributed by atoms with Crippen molar-refractivity contribution in [3.05, 3.63) is 29.8 Å². The zero-order valence-corrected chi connectivity index (χ0v) is 11.9. The zero-order valence-electron chi connectivity index (χ0n) is 11.9. The van der Waals surface area contributed by atoms with Gasteiger partial charge in [0.2, 0.25) is 0 Å². The van der Waals surface area contributed by atoms with E-state index in [4.69, 9.17) is 4.74 Å². The molecule has 2 aliphatic carbocycles. The highest BCUT2D eigenvalue weighted by Crippen LogP contribution is 2.43. The first-order chi connectivity index (χ1) is 9.07. The molecule has 0 saturated heterocycles. The van der Waals surface area contributed by atoms with E-state index in [1.165, 1.54) is 12.8 Å². The van der Waals surface area contributed by atoms with Gasteiger partial charge in [0, 0.05) is 0 Å². The lowest BCUT2D eigenvalue weighted by molar-refractivity contribution is -0.0337. The summed E-state index contributed by atoms with van der Waals surface area (Å²) in [5.41, 5.74) is 0.374. The number of benzene rings is 1. The van der Waals surface area contributed by atoms with Crippen molar-refractivity contribution < 1.29 is 9.84 Å². The molecule has 0 radical (unpaired) electrons. The Morgan fingerprint density at radius 3 is 2.63 bits per heavy atom. The minimum Gasteiger partial charge on any atom is -0.490 e. The van der Waals surface area contributed by atoms with Crippen molar-refractivity contribution in [3.63, 3.8) is 0 Å². The summed E-state index contributed by atoms with van der Waals surface area (Å²) < 4.78 is 5.84. The summed E-state index contributed by atoms with van der Waals surface area (Å²) in [5.74, 6) is 2.21. The molecule has 2 saturated carbocycles. The van der Waals surface area contributed by atoms with Gasteiger partial charge in [-0.1, -0.05) is 26.0 Å². The van der Waals surface area contributed by atoms with E-state index in [0.29, 0.717) is 17.9 Å². The van der Waals surface area contributed by atoms with E-state index < -0.39 is 5.60 Å². The van der Waals surface area contributed by atoms with Crippen LogP contribution in [0.2, 0.25) is 0 Å². The number of hydrogen-bond donors (Lipinski definition) is 1. The van der Waals surface area contributed by atoms with Gasteiger partial charge >= 0.3 is 0 Å². The molecule has 0 amide bonds. The molecule has 19 heavy (non-hydrogen) atoms. The van der Waals surface area contributed by atoms with E-state index in [1.54, 1.807) is 0 Å². The van der Waals surface area contributed by atoms with Crippen LogP contribution in [0.1, 0.15) is 51.5 Å². The highest BCUT2D eigenvalue weighted by Gasteiger charge is 2.37. The second-order valence-electron chi connectivity index (χ2n) is 6.57. The van der Waals surface area contributed by atoms with Gasteiger partial charge in [-0.3, -0.25) is 0 Å². The lowest BCUT2D eigenvalue weighted by atomic mass is 9.70. The Morgan fingerprint density at radius 1 is 1.16 bits per heavy atom. The molecule has 3 atom stereocenters. The average molecular weight is 260 g/mol. The SMILES string of the molecule is CC1CCC(O)(c2cccc(OC3CC3)c2)CC1C. The van der Waals surface area contributed by atoms with E-state index >= 15 is 0 Å². The summed E-state index contributed by atoms with van der Waals surface area (Å²) in [6.07, 6.45) is 5.58. The summed E-state index contributed by atoms with van der Waals surface area (Å²) in [5, 5.41) is 10.9. The smallest absolute Gasteiger partial charge is 0.120 e. The summed E-state index contributed by atoms with van der Waals surface area (Å²) in [7, 11) is 0. The molecule has 3 unspecified atom stereocenters. The van der Waals surface area contributed by atoms with E-state index in [-0.39, 0.29) is 0 Å². The lowest BCUT2D eigenvalue weighted by Crippen LogP contribution is -2.35. The van der Waals surface area contributed by atoms with Crippen LogP contribution >= 0.6 is 0 Å². The fraction of sp³-hybridized carbons (Fsp3) is 0.647. The fourth-order valence-electron chi connectivity index (χ4n) is 3.09. The molecule has 0 bridgehead atoms. The number of hydrogen-bond acceptors (Lipinski definition) is 2. The zero-order chi connectivity index (χ0) is 13.5. The molecule has 0 aromatic heterocycles. The van der Waals surface area contributed by atoms with Crippen molar-refractivity contribution in [2.45, 2.75) is 57.7 Å². The van der Waals surface area contributed by atoms with Crippen molar-refractivity contribution in [1.29, 1.82) is 0 Å².